The third kappa shape index (κ3) is 9.51. The van der Waals surface area contributed by atoms with Gasteiger partial charge in [-0.2, -0.15) is 14.0 Å². The predicted octanol–water partition coefficient (Wildman–Crippen LogP) is -1.60. The second-order valence-electron chi connectivity index (χ2n) is 3.95. The Hall–Kier alpha value is -1.41. The molecule has 0 bridgehead atoms. The van der Waals surface area contributed by atoms with Gasteiger partial charge in [0.05, 0.1) is 21.0 Å². The lowest BCUT2D eigenvalue weighted by atomic mass is 10.1. The first-order valence-electron chi connectivity index (χ1n) is 5.53. The molecule has 0 aliphatic rings. The number of aliphatic hydroxyl groups excluding tert-OH is 1. The Morgan fingerprint density at radius 2 is 1.65 bits per heavy atom. The van der Waals surface area contributed by atoms with Gasteiger partial charge in [-0.25, -0.2) is 0 Å². The van der Waals surface area contributed by atoms with Crippen molar-refractivity contribution in [3.63, 3.8) is 0 Å². The number of aliphatic hydroxyl groups is 1. The number of anilines is 1. The fourth-order valence-corrected chi connectivity index (χ4v) is 1.26. The lowest BCUT2D eigenvalue weighted by Gasteiger charge is -2.13. The van der Waals surface area contributed by atoms with Gasteiger partial charge in [0.25, 0.3) is 0 Å². The predicted molar refractivity (Wildman–Crippen MR) is 67.3 cm³/mol. The van der Waals surface area contributed by atoms with Crippen LogP contribution in [0.1, 0.15) is 11.7 Å². The Bertz CT molecular complexity index is 419. The molecule has 0 fully saturated rings. The first-order valence-corrected chi connectivity index (χ1v) is 6.79. The number of benzene rings is 1. The van der Waals surface area contributed by atoms with Crippen molar-refractivity contribution in [2.75, 3.05) is 19.0 Å². The fraction of sp³-hybridized carbons (Fsp3) is 0.231. The average molecular weight is 304 g/mol. The van der Waals surface area contributed by atoms with E-state index in [1.165, 1.54) is 0 Å². The zero-order valence-corrected chi connectivity index (χ0v) is 12.0. The topological polar surface area (TPSA) is 113 Å². The van der Waals surface area contributed by atoms with Gasteiger partial charge in [-0.05, 0) is 17.7 Å². The normalized spacial score (nSPS) is 12.6. The first-order chi connectivity index (χ1) is 9.15. The Kier molecular flexibility index (Phi) is 8.09. The number of allylic oxidation sites excluding steroid dienone is 2. The lowest BCUT2D eigenvalue weighted by Crippen LogP contribution is -2.58. The SMILES string of the molecule is C=C/C=C/C(O)c1ccc(N(C)C)cc1.[O-][Cl+3]([O-])([O-])O. The molecule has 0 saturated carbocycles. The molecule has 6 nitrogen and oxygen atoms in total. The Balaban J connectivity index is 0.000000621. The average Bonchev–Trinajstić information content (AvgIpc) is 2.34. The zero-order valence-electron chi connectivity index (χ0n) is 11.3. The van der Waals surface area contributed by atoms with E-state index >= 15 is 0 Å². The number of rotatable bonds is 4. The van der Waals surface area contributed by atoms with E-state index in [2.05, 4.69) is 6.58 Å². The standard InChI is InChI=1S/C13H17NO.ClHO4/c1-4-5-6-13(15)11-7-9-12(10-8-11)14(2)3;2-1(3,4)5/h4-10,13,15H,1H2,2-3H3;(H,2,3,4,5)/b6-5+;. The molecule has 20 heavy (non-hydrogen) atoms. The minimum Gasteiger partial charge on any atom is -0.384 e. The maximum Gasteiger partial charge on any atom is 0.0974 e. The molecule has 0 radical (unpaired) electrons. The third-order valence-electron chi connectivity index (χ3n) is 2.18. The zero-order chi connectivity index (χ0) is 15.8. The molecule has 1 aromatic rings. The van der Waals surface area contributed by atoms with Gasteiger partial charge in [0.15, 0.2) is 0 Å². The summed E-state index contributed by atoms with van der Waals surface area (Å²) >= 11 is 0. The molecule has 0 saturated heterocycles. The highest BCUT2D eigenvalue weighted by atomic mass is 35.7. The van der Waals surface area contributed by atoms with Gasteiger partial charge in [0.2, 0.25) is 0 Å². The lowest BCUT2D eigenvalue weighted by molar-refractivity contribution is -1.92. The van der Waals surface area contributed by atoms with Crippen LogP contribution in [0.5, 0.6) is 0 Å². The molecule has 0 aromatic heterocycles. The van der Waals surface area contributed by atoms with E-state index in [-0.39, 0.29) is 0 Å². The van der Waals surface area contributed by atoms with Gasteiger partial charge < -0.3 is 10.0 Å². The third-order valence-corrected chi connectivity index (χ3v) is 2.18. The molecule has 112 valence electrons. The van der Waals surface area contributed by atoms with Crippen LogP contribution >= 0.6 is 0 Å². The molecule has 7 heteroatoms. The largest absolute Gasteiger partial charge is 0.384 e. The van der Waals surface area contributed by atoms with Gasteiger partial charge in [0, 0.05) is 19.8 Å². The highest BCUT2D eigenvalue weighted by Crippen LogP contribution is 2.18. The molecule has 0 heterocycles. The van der Waals surface area contributed by atoms with E-state index in [0.717, 1.165) is 11.3 Å². The summed E-state index contributed by atoms with van der Waals surface area (Å²) in [5, 5.41) is 9.73. The molecule has 1 aromatic carbocycles. The highest BCUT2D eigenvalue weighted by molar-refractivity contribution is 5.46. The van der Waals surface area contributed by atoms with Crippen LogP contribution in [0.2, 0.25) is 0 Å². The molecule has 2 N–H and O–H groups in total. The van der Waals surface area contributed by atoms with Crippen molar-refractivity contribution in [2.24, 2.45) is 0 Å². The van der Waals surface area contributed by atoms with E-state index in [1.54, 1.807) is 18.2 Å². The molecule has 1 atom stereocenters. The monoisotopic (exact) mass is 303 g/mol. The van der Waals surface area contributed by atoms with Crippen molar-refractivity contribution >= 4 is 5.69 Å². The Morgan fingerprint density at radius 1 is 1.20 bits per heavy atom. The van der Waals surface area contributed by atoms with Crippen molar-refractivity contribution in [3.8, 4) is 0 Å². The number of halogens is 1. The summed E-state index contributed by atoms with van der Waals surface area (Å²) in [5.41, 5.74) is 2.01. The van der Waals surface area contributed by atoms with Crippen LogP contribution in [0.3, 0.4) is 0 Å². The Labute approximate surface area is 120 Å². The van der Waals surface area contributed by atoms with Crippen LogP contribution in [-0.2, 0) is 0 Å². The molecule has 0 spiro atoms. The van der Waals surface area contributed by atoms with Gasteiger partial charge >= 0.3 is 0 Å². The van der Waals surface area contributed by atoms with E-state index in [9.17, 15) is 5.11 Å². The summed E-state index contributed by atoms with van der Waals surface area (Å²) in [5.74, 6) is 0. The molecule has 0 amide bonds. The van der Waals surface area contributed by atoms with Crippen molar-refractivity contribution in [1.29, 1.82) is 0 Å². The smallest absolute Gasteiger partial charge is 0.0974 e. The van der Waals surface area contributed by atoms with Gasteiger partial charge in [0.1, 0.15) is 0 Å². The van der Waals surface area contributed by atoms with E-state index in [1.807, 2.05) is 43.3 Å². The molecular weight excluding hydrogens is 286 g/mol. The summed E-state index contributed by atoms with van der Waals surface area (Å²) in [6.45, 7) is 3.56. The van der Waals surface area contributed by atoms with Gasteiger partial charge in [-0.3, -0.25) is 0 Å². The van der Waals surface area contributed by atoms with Crippen molar-refractivity contribution in [3.05, 3.63) is 54.6 Å². The molecular formula is C13H18ClNO5. The molecule has 1 rings (SSSR count). The summed E-state index contributed by atoms with van der Waals surface area (Å²) in [6, 6.07) is 7.82. The van der Waals surface area contributed by atoms with Crippen LogP contribution in [0.4, 0.5) is 5.69 Å². The molecule has 0 aliphatic carbocycles. The second kappa shape index (κ2) is 8.70. The quantitative estimate of drug-likeness (QED) is 0.648. The minimum absolute atomic E-state index is 0.556. The first kappa shape index (κ1) is 18.6. The Morgan fingerprint density at radius 3 is 2.00 bits per heavy atom. The van der Waals surface area contributed by atoms with Crippen LogP contribution in [-0.4, -0.2) is 23.9 Å². The number of hydrogen-bond donors (Lipinski definition) is 2. The van der Waals surface area contributed by atoms with Crippen molar-refractivity contribution in [1.82, 2.24) is 0 Å². The maximum absolute atomic E-state index is 9.73. The summed E-state index contributed by atoms with van der Waals surface area (Å²) in [6.07, 6.45) is 4.54. The van der Waals surface area contributed by atoms with E-state index in [0.29, 0.717) is 0 Å². The highest BCUT2D eigenvalue weighted by Gasteiger charge is 2.02. The number of hydrogen-bond acceptors (Lipinski definition) is 6. The van der Waals surface area contributed by atoms with E-state index < -0.39 is 16.3 Å². The van der Waals surface area contributed by atoms with Crippen molar-refractivity contribution < 1.29 is 34.0 Å². The maximum atomic E-state index is 9.73. The van der Waals surface area contributed by atoms with Crippen LogP contribution in [0, 0.1) is 10.2 Å². The summed E-state index contributed by atoms with van der Waals surface area (Å²) in [7, 11) is -0.716. The van der Waals surface area contributed by atoms with Gasteiger partial charge in [-0.1, -0.05) is 36.9 Å². The van der Waals surface area contributed by atoms with Crippen LogP contribution in [0.15, 0.2) is 49.1 Å². The van der Waals surface area contributed by atoms with Crippen molar-refractivity contribution in [2.45, 2.75) is 6.10 Å². The van der Waals surface area contributed by atoms with E-state index in [4.69, 9.17) is 18.6 Å². The second-order valence-corrected chi connectivity index (χ2v) is 4.74. The van der Waals surface area contributed by atoms with Gasteiger partial charge in [-0.15, -0.1) is 0 Å². The van der Waals surface area contributed by atoms with Crippen LogP contribution < -0.4 is 18.9 Å². The molecule has 1 unspecified atom stereocenters. The fourth-order valence-electron chi connectivity index (χ4n) is 1.26. The summed E-state index contributed by atoms with van der Waals surface area (Å²) in [4.78, 5) is 2.02. The van der Waals surface area contributed by atoms with Crippen LogP contribution in [0.25, 0.3) is 0 Å². The minimum atomic E-state index is -4.69. The summed E-state index contributed by atoms with van der Waals surface area (Å²) < 4.78 is 32.7. The molecule has 0 aliphatic heterocycles. The number of nitrogens with zero attached hydrogens (tertiary/aromatic N) is 1.